The molecule has 0 N–H and O–H groups in total. The molecule has 1 aliphatic heterocycles. The Balaban J connectivity index is 1.77. The number of carbonyl (C=O) groups is 2. The second-order valence-electron chi connectivity index (χ2n) is 6.72. The van der Waals surface area contributed by atoms with Gasteiger partial charge in [-0.1, -0.05) is 53.4 Å². The van der Waals surface area contributed by atoms with Gasteiger partial charge in [0, 0.05) is 21.9 Å². The quantitative estimate of drug-likeness (QED) is 0.568. The highest BCUT2D eigenvalue weighted by atomic mass is 35.5. The first-order valence-electron chi connectivity index (χ1n) is 8.15. The van der Waals surface area contributed by atoms with E-state index in [9.17, 15) is 9.59 Å². The number of hydrogen-bond donors (Lipinski definition) is 0. The van der Waals surface area contributed by atoms with Crippen LogP contribution in [0.25, 0.3) is 0 Å². The lowest BCUT2D eigenvalue weighted by Crippen LogP contribution is -2.33. The van der Waals surface area contributed by atoms with E-state index in [0.29, 0.717) is 15.7 Å². The normalized spacial score (nSPS) is 32.8. The smallest absolute Gasteiger partial charge is 0.238 e. The van der Waals surface area contributed by atoms with Crippen molar-refractivity contribution in [2.45, 2.75) is 20.3 Å². The number of allylic oxidation sites excluding steroid dienone is 4. The molecule has 5 heteroatoms. The minimum Gasteiger partial charge on any atom is -0.274 e. The number of imide groups is 1. The summed E-state index contributed by atoms with van der Waals surface area (Å²) < 4.78 is 0. The molecule has 1 saturated heterocycles. The molecule has 2 bridgehead atoms. The Bertz CT molecular complexity index is 772. The van der Waals surface area contributed by atoms with Crippen molar-refractivity contribution < 1.29 is 9.59 Å². The van der Waals surface area contributed by atoms with E-state index in [1.165, 1.54) is 16.0 Å². The van der Waals surface area contributed by atoms with Crippen LogP contribution < -0.4 is 4.90 Å². The Kier molecular flexibility index (Phi) is 3.63. The molecule has 124 valence electrons. The summed E-state index contributed by atoms with van der Waals surface area (Å²) in [6.07, 6.45) is 5.14. The first-order valence-corrected chi connectivity index (χ1v) is 8.91. The van der Waals surface area contributed by atoms with E-state index in [0.717, 1.165) is 6.42 Å². The molecule has 3 nitrogen and oxygen atoms in total. The highest BCUT2D eigenvalue weighted by Crippen LogP contribution is 2.57. The fraction of sp³-hybridized carbons (Fsp3) is 0.368. The maximum atomic E-state index is 13.0. The van der Waals surface area contributed by atoms with Crippen LogP contribution in [-0.4, -0.2) is 11.8 Å². The summed E-state index contributed by atoms with van der Waals surface area (Å²) in [6.45, 7) is 4.21. The molecular weight excluding hydrogens is 345 g/mol. The third kappa shape index (κ3) is 2.04. The Labute approximate surface area is 150 Å². The van der Waals surface area contributed by atoms with Crippen LogP contribution in [0.5, 0.6) is 0 Å². The molecule has 4 rings (SSSR count). The summed E-state index contributed by atoms with van der Waals surface area (Å²) in [5, 5.41) is 0.831. The van der Waals surface area contributed by atoms with Gasteiger partial charge in [-0.15, -0.1) is 0 Å². The van der Waals surface area contributed by atoms with Crippen LogP contribution in [0.2, 0.25) is 10.0 Å². The zero-order chi connectivity index (χ0) is 17.2. The summed E-state index contributed by atoms with van der Waals surface area (Å²) in [5.74, 6) is -0.751. The van der Waals surface area contributed by atoms with E-state index in [2.05, 4.69) is 26.0 Å². The van der Waals surface area contributed by atoms with Gasteiger partial charge >= 0.3 is 0 Å². The first kappa shape index (κ1) is 15.9. The van der Waals surface area contributed by atoms with Crippen molar-refractivity contribution in [1.82, 2.24) is 0 Å². The number of hydrogen-bond acceptors (Lipinski definition) is 2. The van der Waals surface area contributed by atoms with Crippen LogP contribution in [0.3, 0.4) is 0 Å². The molecule has 1 aromatic carbocycles. The third-order valence-electron chi connectivity index (χ3n) is 5.54. The van der Waals surface area contributed by atoms with Gasteiger partial charge in [-0.05, 0) is 31.5 Å². The molecule has 1 saturated carbocycles. The van der Waals surface area contributed by atoms with E-state index in [4.69, 9.17) is 23.2 Å². The zero-order valence-corrected chi connectivity index (χ0v) is 14.9. The summed E-state index contributed by atoms with van der Waals surface area (Å²) in [7, 11) is 0. The van der Waals surface area contributed by atoms with E-state index in [-0.39, 0.29) is 35.5 Å². The van der Waals surface area contributed by atoms with Crippen molar-refractivity contribution in [3.05, 3.63) is 51.5 Å². The first-order chi connectivity index (χ1) is 11.4. The minimum atomic E-state index is -0.290. The van der Waals surface area contributed by atoms with Crippen molar-refractivity contribution in [2.24, 2.45) is 23.7 Å². The number of halogens is 2. The van der Waals surface area contributed by atoms with Crippen molar-refractivity contribution in [3.63, 3.8) is 0 Å². The van der Waals surface area contributed by atoms with Crippen LogP contribution >= 0.6 is 23.2 Å². The summed E-state index contributed by atoms with van der Waals surface area (Å²) in [5.41, 5.74) is 3.04. The molecular formula is C19H17Cl2NO2. The van der Waals surface area contributed by atoms with Gasteiger partial charge in [-0.25, -0.2) is 4.90 Å². The Hall–Kier alpha value is -1.58. The van der Waals surface area contributed by atoms with Crippen LogP contribution in [0.1, 0.15) is 20.3 Å². The summed E-state index contributed by atoms with van der Waals surface area (Å²) in [4.78, 5) is 27.3. The van der Waals surface area contributed by atoms with Crippen molar-refractivity contribution >= 4 is 40.7 Å². The Morgan fingerprint density at radius 1 is 1.00 bits per heavy atom. The van der Waals surface area contributed by atoms with Crippen LogP contribution in [-0.2, 0) is 9.59 Å². The second-order valence-corrected chi connectivity index (χ2v) is 7.59. The molecule has 1 heterocycles. The fourth-order valence-electron chi connectivity index (χ4n) is 4.46. The SMILES string of the molecule is CCC(C)=C1[C@H]2C=C[C@@H]1[C@H]1C(=O)N(c3cc(Cl)cc(Cl)c3)C(=O)[C@@H]12. The van der Waals surface area contributed by atoms with Crippen LogP contribution in [0.15, 0.2) is 41.5 Å². The molecule has 0 aromatic heterocycles. The van der Waals surface area contributed by atoms with Gasteiger partial charge in [-0.3, -0.25) is 9.59 Å². The second kappa shape index (κ2) is 5.47. The lowest BCUT2D eigenvalue weighted by atomic mass is 9.85. The maximum absolute atomic E-state index is 13.0. The lowest BCUT2D eigenvalue weighted by Gasteiger charge is -2.20. The lowest BCUT2D eigenvalue weighted by molar-refractivity contribution is -0.122. The van der Waals surface area contributed by atoms with Gasteiger partial charge in [0.15, 0.2) is 0 Å². The topological polar surface area (TPSA) is 37.4 Å². The number of fused-ring (bicyclic) bond motifs is 5. The highest BCUT2D eigenvalue weighted by Gasteiger charge is 2.62. The molecule has 1 aromatic rings. The van der Waals surface area contributed by atoms with E-state index < -0.39 is 0 Å². The van der Waals surface area contributed by atoms with Gasteiger partial charge in [0.2, 0.25) is 11.8 Å². The number of nitrogens with zero attached hydrogens (tertiary/aromatic N) is 1. The molecule has 0 radical (unpaired) electrons. The summed E-state index contributed by atoms with van der Waals surface area (Å²) in [6, 6.07) is 4.83. The number of benzene rings is 1. The molecule has 3 aliphatic rings. The van der Waals surface area contributed by atoms with E-state index in [1.807, 2.05) is 0 Å². The van der Waals surface area contributed by atoms with E-state index in [1.54, 1.807) is 18.2 Å². The Morgan fingerprint density at radius 2 is 1.50 bits per heavy atom. The third-order valence-corrected chi connectivity index (χ3v) is 5.98. The molecule has 0 spiro atoms. The largest absolute Gasteiger partial charge is 0.274 e. The van der Waals surface area contributed by atoms with Crippen LogP contribution in [0.4, 0.5) is 5.69 Å². The van der Waals surface area contributed by atoms with E-state index >= 15 is 0 Å². The molecule has 2 aliphatic carbocycles. The number of carbonyl (C=O) groups excluding carboxylic acids is 2. The van der Waals surface area contributed by atoms with Gasteiger partial charge in [-0.2, -0.15) is 0 Å². The maximum Gasteiger partial charge on any atom is 0.238 e. The average Bonchev–Trinajstić information content (AvgIpc) is 3.15. The Morgan fingerprint density at radius 3 is 1.96 bits per heavy atom. The van der Waals surface area contributed by atoms with Crippen molar-refractivity contribution in [1.29, 1.82) is 0 Å². The molecule has 2 amide bonds. The monoisotopic (exact) mass is 361 g/mol. The molecule has 24 heavy (non-hydrogen) atoms. The standard InChI is InChI=1S/C19H17Cl2NO2/c1-3-9(2)15-13-4-5-14(15)17-16(13)18(23)22(19(17)24)12-7-10(20)6-11(21)8-12/h4-8,13-14,16-17H,3H2,1-2H3/t13-,14+,16-,17-/m1/s1. The average molecular weight is 362 g/mol. The van der Waals surface area contributed by atoms with Gasteiger partial charge in [0.25, 0.3) is 0 Å². The van der Waals surface area contributed by atoms with Gasteiger partial charge in [0.05, 0.1) is 17.5 Å². The molecule has 2 fully saturated rings. The predicted octanol–water partition coefficient (Wildman–Crippen LogP) is 4.64. The fourth-order valence-corrected chi connectivity index (χ4v) is 4.97. The predicted molar refractivity (Wildman–Crippen MR) is 95.0 cm³/mol. The van der Waals surface area contributed by atoms with Crippen LogP contribution in [0, 0.1) is 23.7 Å². The molecule has 4 atom stereocenters. The van der Waals surface area contributed by atoms with Gasteiger partial charge < -0.3 is 0 Å². The number of rotatable bonds is 2. The number of amides is 2. The zero-order valence-electron chi connectivity index (χ0n) is 13.4. The summed E-state index contributed by atoms with van der Waals surface area (Å²) >= 11 is 12.1. The van der Waals surface area contributed by atoms with Crippen molar-refractivity contribution in [3.8, 4) is 0 Å². The highest BCUT2D eigenvalue weighted by molar-refractivity contribution is 6.35. The van der Waals surface area contributed by atoms with Gasteiger partial charge in [0.1, 0.15) is 0 Å². The number of anilines is 1. The molecule has 0 unspecified atom stereocenters. The van der Waals surface area contributed by atoms with Crippen molar-refractivity contribution in [2.75, 3.05) is 4.90 Å². The minimum absolute atomic E-state index is 0.0519.